The number of nitrogens with one attached hydrogen (secondary N) is 1. The summed E-state index contributed by atoms with van der Waals surface area (Å²) in [7, 11) is 0. The van der Waals surface area contributed by atoms with Gasteiger partial charge in [0.25, 0.3) is 0 Å². The summed E-state index contributed by atoms with van der Waals surface area (Å²) in [5.74, 6) is -0.264. The molecule has 1 aromatic carbocycles. The van der Waals surface area contributed by atoms with Crippen LogP contribution in [0.5, 0.6) is 0 Å². The topological polar surface area (TPSA) is 32.3 Å². The van der Waals surface area contributed by atoms with Crippen molar-refractivity contribution in [3.05, 3.63) is 41.7 Å². The molecule has 1 aromatic rings. The fraction of sp³-hybridized carbons (Fsp3) is 0.273. The van der Waals surface area contributed by atoms with E-state index in [9.17, 15) is 9.50 Å². The molecule has 0 bridgehead atoms. The monoisotopic (exact) mass is 193 g/mol. The number of benzene rings is 1. The first-order chi connectivity index (χ1) is 6.59. The van der Waals surface area contributed by atoms with E-state index in [4.69, 9.17) is 0 Å². The molecule has 1 unspecified atom stereocenters. The Bertz CT molecular complexity index is 367. The average molecular weight is 193 g/mol. The van der Waals surface area contributed by atoms with E-state index in [-0.39, 0.29) is 5.82 Å². The van der Waals surface area contributed by atoms with Gasteiger partial charge in [0.15, 0.2) is 0 Å². The van der Waals surface area contributed by atoms with Crippen LogP contribution >= 0.6 is 0 Å². The van der Waals surface area contributed by atoms with E-state index in [1.165, 1.54) is 12.1 Å². The van der Waals surface area contributed by atoms with Crippen molar-refractivity contribution in [3.63, 3.8) is 0 Å². The van der Waals surface area contributed by atoms with E-state index in [0.29, 0.717) is 6.54 Å². The van der Waals surface area contributed by atoms with E-state index in [2.05, 4.69) is 5.32 Å². The number of halogens is 1. The highest BCUT2D eigenvalue weighted by atomic mass is 19.1. The summed E-state index contributed by atoms with van der Waals surface area (Å²) in [5.41, 5.74) is 0.650. The van der Waals surface area contributed by atoms with Crippen molar-refractivity contribution in [2.24, 2.45) is 0 Å². The van der Waals surface area contributed by atoms with E-state index in [0.717, 1.165) is 11.1 Å². The lowest BCUT2D eigenvalue weighted by Crippen LogP contribution is -2.38. The molecule has 0 saturated heterocycles. The molecule has 2 N–H and O–H groups in total. The summed E-state index contributed by atoms with van der Waals surface area (Å²) < 4.78 is 12.7. The van der Waals surface area contributed by atoms with E-state index in [1.807, 2.05) is 6.08 Å². The van der Waals surface area contributed by atoms with Crippen LogP contribution in [-0.2, 0) is 0 Å². The molecule has 14 heavy (non-hydrogen) atoms. The van der Waals surface area contributed by atoms with Crippen molar-refractivity contribution >= 4 is 5.57 Å². The smallest absolute Gasteiger partial charge is 0.139 e. The van der Waals surface area contributed by atoms with Gasteiger partial charge in [-0.05, 0) is 24.6 Å². The third-order valence-corrected chi connectivity index (χ3v) is 2.43. The molecule has 1 atom stereocenters. The molecule has 0 amide bonds. The minimum atomic E-state index is -1.00. The van der Waals surface area contributed by atoms with Gasteiger partial charge in [0.05, 0.1) is 0 Å². The normalized spacial score (nSPS) is 26.4. The van der Waals surface area contributed by atoms with Crippen LogP contribution in [0.3, 0.4) is 0 Å². The van der Waals surface area contributed by atoms with Crippen LogP contribution in [0.25, 0.3) is 5.57 Å². The van der Waals surface area contributed by atoms with Crippen molar-refractivity contribution < 1.29 is 9.50 Å². The number of rotatable bonds is 1. The van der Waals surface area contributed by atoms with Gasteiger partial charge in [-0.15, -0.1) is 0 Å². The molecule has 2 rings (SSSR count). The summed E-state index contributed by atoms with van der Waals surface area (Å²) in [5, 5.41) is 12.8. The highest BCUT2D eigenvalue weighted by Gasteiger charge is 2.29. The van der Waals surface area contributed by atoms with Crippen LogP contribution in [0.4, 0.5) is 4.39 Å². The maximum Gasteiger partial charge on any atom is 0.139 e. The van der Waals surface area contributed by atoms with Gasteiger partial charge in [0.2, 0.25) is 0 Å². The third-order valence-electron chi connectivity index (χ3n) is 2.43. The Morgan fingerprint density at radius 2 is 2.00 bits per heavy atom. The van der Waals surface area contributed by atoms with Gasteiger partial charge < -0.3 is 5.11 Å². The molecule has 0 saturated carbocycles. The van der Waals surface area contributed by atoms with Gasteiger partial charge in [-0.2, -0.15) is 0 Å². The van der Waals surface area contributed by atoms with Crippen LogP contribution in [0.1, 0.15) is 12.5 Å². The first-order valence-electron chi connectivity index (χ1n) is 4.53. The van der Waals surface area contributed by atoms with Crippen molar-refractivity contribution in [1.82, 2.24) is 5.32 Å². The molecule has 1 aliphatic rings. The molecule has 0 aliphatic carbocycles. The molecule has 1 aliphatic heterocycles. The summed E-state index contributed by atoms with van der Waals surface area (Å²) in [4.78, 5) is 0. The molecular formula is C11H12FNO. The zero-order chi connectivity index (χ0) is 10.2. The molecular weight excluding hydrogens is 181 g/mol. The molecule has 0 spiro atoms. The van der Waals surface area contributed by atoms with Gasteiger partial charge in [0, 0.05) is 12.1 Å². The first-order valence-corrected chi connectivity index (χ1v) is 4.53. The maximum atomic E-state index is 12.7. The van der Waals surface area contributed by atoms with Gasteiger partial charge in [-0.3, -0.25) is 5.32 Å². The molecule has 74 valence electrons. The zero-order valence-corrected chi connectivity index (χ0v) is 7.92. The molecule has 0 aromatic heterocycles. The standard InChI is InChI=1S/C11H12FNO/c1-11(14)10(6-7-13-11)8-2-4-9(12)5-3-8/h2-6,13-14H,7H2,1H3. The average Bonchev–Trinajstić information content (AvgIpc) is 2.47. The van der Waals surface area contributed by atoms with Crippen LogP contribution in [0.15, 0.2) is 30.3 Å². The van der Waals surface area contributed by atoms with Crippen molar-refractivity contribution in [3.8, 4) is 0 Å². The Kier molecular flexibility index (Phi) is 2.13. The Morgan fingerprint density at radius 1 is 1.36 bits per heavy atom. The third kappa shape index (κ3) is 1.56. The number of hydrogen-bond acceptors (Lipinski definition) is 2. The fourth-order valence-electron chi connectivity index (χ4n) is 1.67. The lowest BCUT2D eigenvalue weighted by atomic mass is 9.99. The van der Waals surface area contributed by atoms with Crippen LogP contribution in [0.2, 0.25) is 0 Å². The summed E-state index contributed by atoms with van der Waals surface area (Å²) in [6.07, 6.45) is 1.91. The highest BCUT2D eigenvalue weighted by Crippen LogP contribution is 2.28. The van der Waals surface area contributed by atoms with Gasteiger partial charge in [0.1, 0.15) is 11.5 Å². The van der Waals surface area contributed by atoms with Crippen molar-refractivity contribution in [2.75, 3.05) is 6.54 Å². The molecule has 2 nitrogen and oxygen atoms in total. The van der Waals surface area contributed by atoms with E-state index >= 15 is 0 Å². The van der Waals surface area contributed by atoms with Crippen LogP contribution < -0.4 is 5.32 Å². The fourth-order valence-corrected chi connectivity index (χ4v) is 1.67. The highest BCUT2D eigenvalue weighted by molar-refractivity contribution is 5.73. The zero-order valence-electron chi connectivity index (χ0n) is 7.92. The van der Waals surface area contributed by atoms with Gasteiger partial charge >= 0.3 is 0 Å². The summed E-state index contributed by atoms with van der Waals surface area (Å²) in [6, 6.07) is 6.13. The largest absolute Gasteiger partial charge is 0.372 e. The van der Waals surface area contributed by atoms with Crippen molar-refractivity contribution in [2.45, 2.75) is 12.6 Å². The molecule has 0 fully saturated rings. The first kappa shape index (κ1) is 9.37. The molecule has 1 heterocycles. The second kappa shape index (κ2) is 3.19. The second-order valence-electron chi connectivity index (χ2n) is 3.58. The summed E-state index contributed by atoms with van der Waals surface area (Å²) >= 11 is 0. The molecule has 3 heteroatoms. The Morgan fingerprint density at radius 3 is 2.50 bits per heavy atom. The predicted molar refractivity (Wildman–Crippen MR) is 53.0 cm³/mol. The van der Waals surface area contributed by atoms with E-state index < -0.39 is 5.72 Å². The quantitative estimate of drug-likeness (QED) is 0.708. The minimum absolute atomic E-state index is 0.264. The maximum absolute atomic E-state index is 12.7. The Hall–Kier alpha value is -1.19. The van der Waals surface area contributed by atoms with Gasteiger partial charge in [-0.1, -0.05) is 18.2 Å². The number of hydrogen-bond donors (Lipinski definition) is 2. The van der Waals surface area contributed by atoms with Crippen LogP contribution in [-0.4, -0.2) is 17.4 Å². The lowest BCUT2D eigenvalue weighted by molar-refractivity contribution is 0.0968. The van der Waals surface area contributed by atoms with E-state index in [1.54, 1.807) is 19.1 Å². The molecule has 0 radical (unpaired) electrons. The second-order valence-corrected chi connectivity index (χ2v) is 3.58. The van der Waals surface area contributed by atoms with Crippen LogP contribution in [0, 0.1) is 5.82 Å². The minimum Gasteiger partial charge on any atom is -0.372 e. The van der Waals surface area contributed by atoms with Gasteiger partial charge in [-0.25, -0.2) is 4.39 Å². The van der Waals surface area contributed by atoms with Crippen molar-refractivity contribution in [1.29, 1.82) is 0 Å². The lowest BCUT2D eigenvalue weighted by Gasteiger charge is -2.21. The Balaban J connectivity index is 2.36. The summed E-state index contributed by atoms with van der Waals surface area (Å²) in [6.45, 7) is 2.33. The predicted octanol–water partition coefficient (Wildman–Crippen LogP) is 1.52. The number of aliphatic hydroxyl groups is 1. The Labute approximate surface area is 82.1 Å². The SMILES string of the molecule is CC1(O)NCC=C1c1ccc(F)cc1.